The van der Waals surface area contributed by atoms with Crippen LogP contribution in [-0.4, -0.2) is 29.1 Å². The van der Waals surface area contributed by atoms with E-state index in [1.165, 1.54) is 0 Å². The van der Waals surface area contributed by atoms with Crippen LogP contribution in [0.15, 0.2) is 36.5 Å². The van der Waals surface area contributed by atoms with Gasteiger partial charge in [0.05, 0.1) is 18.9 Å². The van der Waals surface area contributed by atoms with Crippen molar-refractivity contribution in [2.45, 2.75) is 37.5 Å². The molecule has 4 nitrogen and oxygen atoms in total. The summed E-state index contributed by atoms with van der Waals surface area (Å²) >= 11 is 12.0. The molecule has 1 N–H and O–H groups in total. The third-order valence-corrected chi connectivity index (χ3v) is 5.40. The molecule has 1 aliphatic rings. The number of aryl methyl sites for hydroxylation is 1. The largest absolute Gasteiger partial charge is 0.394 e. The first-order chi connectivity index (χ1) is 13.0. The van der Waals surface area contributed by atoms with Gasteiger partial charge >= 0.3 is 0 Å². The van der Waals surface area contributed by atoms with Gasteiger partial charge in [-0.05, 0) is 43.0 Å². The van der Waals surface area contributed by atoms with Crippen molar-refractivity contribution in [2.24, 2.45) is 0 Å². The highest BCUT2D eigenvalue weighted by atomic mass is 35.5. The number of hydrogen-bond donors (Lipinski definition) is 1. The fraction of sp³-hybridized carbons (Fsp3) is 0.400. The first kappa shape index (κ1) is 20.2. The maximum Gasteiger partial charge on any atom is 0.195 e. The number of benzene rings is 1. The van der Waals surface area contributed by atoms with Crippen LogP contribution in [0.1, 0.15) is 42.2 Å². The van der Waals surface area contributed by atoms with E-state index in [2.05, 4.69) is 4.98 Å². The molecule has 3 rings (SSSR count). The molecule has 0 bridgehead atoms. The smallest absolute Gasteiger partial charge is 0.195 e. The summed E-state index contributed by atoms with van der Waals surface area (Å²) in [5.74, 6) is -0.497. The quantitative estimate of drug-likeness (QED) is 0.722. The number of alkyl halides is 1. The number of rotatable bonds is 7. The molecule has 144 valence electrons. The fourth-order valence-corrected chi connectivity index (χ4v) is 3.93. The Morgan fingerprint density at radius 2 is 2.19 bits per heavy atom. The first-order valence-corrected chi connectivity index (χ1v) is 9.55. The number of aliphatic hydroxyl groups is 1. The van der Waals surface area contributed by atoms with E-state index in [0.29, 0.717) is 28.6 Å². The van der Waals surface area contributed by atoms with Gasteiger partial charge in [0, 0.05) is 28.2 Å². The molecule has 0 saturated carbocycles. The number of nitrogens with zero attached hydrogens (tertiary/aromatic N) is 1. The Labute approximate surface area is 167 Å². The van der Waals surface area contributed by atoms with Crippen molar-refractivity contribution < 1.29 is 19.0 Å². The zero-order valence-electron chi connectivity index (χ0n) is 14.6. The van der Waals surface area contributed by atoms with Crippen LogP contribution < -0.4 is 0 Å². The fourth-order valence-electron chi connectivity index (χ4n) is 3.43. The topological polar surface area (TPSA) is 59.4 Å². The van der Waals surface area contributed by atoms with E-state index in [0.717, 1.165) is 5.56 Å². The summed E-state index contributed by atoms with van der Waals surface area (Å²) in [6, 6.07) is 8.26. The van der Waals surface area contributed by atoms with Gasteiger partial charge in [-0.1, -0.05) is 35.3 Å². The second-order valence-corrected chi connectivity index (χ2v) is 7.36. The van der Waals surface area contributed by atoms with E-state index in [9.17, 15) is 4.79 Å². The van der Waals surface area contributed by atoms with Crippen LogP contribution in [0.25, 0.3) is 0 Å². The summed E-state index contributed by atoms with van der Waals surface area (Å²) in [5, 5.41) is 9.94. The number of aromatic nitrogens is 1. The van der Waals surface area contributed by atoms with E-state index < -0.39 is 17.6 Å². The van der Waals surface area contributed by atoms with Crippen molar-refractivity contribution in [1.82, 2.24) is 4.98 Å². The third-order valence-electron chi connectivity index (χ3n) is 4.81. The monoisotopic (exact) mass is 411 g/mol. The van der Waals surface area contributed by atoms with Crippen LogP contribution >= 0.6 is 23.2 Å². The number of ether oxygens (including phenoxy) is 1. The number of carbonyl (C=O) groups excluding carboxylic acids is 1. The van der Waals surface area contributed by atoms with Gasteiger partial charge in [-0.3, -0.25) is 9.78 Å². The van der Waals surface area contributed by atoms with Gasteiger partial charge < -0.3 is 9.84 Å². The normalized spacial score (nSPS) is 21.7. The zero-order chi connectivity index (χ0) is 19.4. The molecule has 27 heavy (non-hydrogen) atoms. The van der Waals surface area contributed by atoms with Gasteiger partial charge in [-0.25, -0.2) is 4.39 Å². The number of fused-ring (bicyclic) bond motifs is 1. The van der Waals surface area contributed by atoms with Crippen LogP contribution in [0.4, 0.5) is 4.39 Å². The average Bonchev–Trinajstić information content (AvgIpc) is 2.67. The molecule has 0 amide bonds. The maximum absolute atomic E-state index is 15.8. The van der Waals surface area contributed by atoms with Crippen LogP contribution in [0.2, 0.25) is 10.0 Å². The molecule has 1 heterocycles. The molecule has 2 atom stereocenters. The summed E-state index contributed by atoms with van der Waals surface area (Å²) in [5.41, 5.74) is -0.657. The minimum absolute atomic E-state index is 0.0222. The van der Waals surface area contributed by atoms with E-state index in [1.807, 2.05) is 0 Å². The Bertz CT molecular complexity index is 833. The number of Topliss-reactive ketones (excluding diaryl/α,β-unsaturated/α-hetero) is 1. The Morgan fingerprint density at radius 3 is 2.93 bits per heavy atom. The summed E-state index contributed by atoms with van der Waals surface area (Å²) in [4.78, 5) is 17.0. The number of halogens is 3. The number of carbonyl (C=O) groups is 1. The highest BCUT2D eigenvalue weighted by molar-refractivity contribution is 6.35. The number of ketones is 1. The molecule has 7 heteroatoms. The van der Waals surface area contributed by atoms with Gasteiger partial charge in [0.15, 0.2) is 11.5 Å². The molecular formula is C20H20Cl2FNO3. The molecule has 0 fully saturated rings. The van der Waals surface area contributed by atoms with Crippen molar-refractivity contribution in [3.63, 3.8) is 0 Å². The lowest BCUT2D eigenvalue weighted by atomic mass is 9.77. The van der Waals surface area contributed by atoms with Crippen molar-refractivity contribution in [3.8, 4) is 0 Å². The molecule has 0 saturated heterocycles. The molecule has 0 aliphatic heterocycles. The lowest BCUT2D eigenvalue weighted by Gasteiger charge is -2.34. The summed E-state index contributed by atoms with van der Waals surface area (Å²) < 4.78 is 21.3. The van der Waals surface area contributed by atoms with Gasteiger partial charge in [0.1, 0.15) is 6.10 Å². The van der Waals surface area contributed by atoms with Crippen LogP contribution in [0.5, 0.6) is 0 Å². The second-order valence-electron chi connectivity index (χ2n) is 6.52. The first-order valence-electron chi connectivity index (χ1n) is 8.79. The summed E-state index contributed by atoms with van der Waals surface area (Å²) in [6.45, 7) is 0.0171. The molecule has 0 unspecified atom stereocenters. The minimum Gasteiger partial charge on any atom is -0.394 e. The Balaban J connectivity index is 1.79. The van der Waals surface area contributed by atoms with E-state index in [-0.39, 0.29) is 31.6 Å². The van der Waals surface area contributed by atoms with Gasteiger partial charge in [0.2, 0.25) is 0 Å². The van der Waals surface area contributed by atoms with Crippen LogP contribution in [-0.2, 0) is 21.6 Å². The maximum atomic E-state index is 15.8. The molecule has 1 aromatic carbocycles. The average molecular weight is 412 g/mol. The van der Waals surface area contributed by atoms with E-state index >= 15 is 4.39 Å². The minimum atomic E-state index is -2.10. The van der Waals surface area contributed by atoms with Gasteiger partial charge in [-0.2, -0.15) is 0 Å². The second kappa shape index (κ2) is 8.65. The highest BCUT2D eigenvalue weighted by Crippen LogP contribution is 2.44. The molecule has 1 aliphatic carbocycles. The number of pyridine rings is 1. The predicted octanol–water partition coefficient (Wildman–Crippen LogP) is 4.60. The van der Waals surface area contributed by atoms with Crippen LogP contribution in [0, 0.1) is 0 Å². The van der Waals surface area contributed by atoms with Crippen LogP contribution in [0.3, 0.4) is 0 Å². The van der Waals surface area contributed by atoms with Crippen molar-refractivity contribution in [3.05, 3.63) is 63.4 Å². The summed E-state index contributed by atoms with van der Waals surface area (Å²) in [6.07, 6.45) is 1.84. The molecule has 0 spiro atoms. The van der Waals surface area contributed by atoms with Crippen molar-refractivity contribution in [2.75, 3.05) is 13.2 Å². The van der Waals surface area contributed by atoms with Gasteiger partial charge in [0.25, 0.3) is 0 Å². The lowest BCUT2D eigenvalue weighted by Crippen LogP contribution is -2.37. The molecule has 0 radical (unpaired) electrons. The molecular weight excluding hydrogens is 392 g/mol. The molecule has 1 aromatic heterocycles. The highest BCUT2D eigenvalue weighted by Gasteiger charge is 2.46. The van der Waals surface area contributed by atoms with Gasteiger partial charge in [-0.15, -0.1) is 0 Å². The zero-order valence-corrected chi connectivity index (χ0v) is 16.1. The standard InChI is InChI=1S/C20H20Cl2FNO3/c21-14-5-3-13(16(22)12-14)4-6-18(26)20(23)8-7-17(27-11-10-25)19-15(20)2-1-9-24-19/h1-3,5,9,12,17,25H,4,6-8,10-11H2/t17-,20-/m1/s1. The third kappa shape index (κ3) is 4.32. The SMILES string of the molecule is O=C(CCc1ccc(Cl)cc1Cl)[C@@]1(F)CC[C@@H](OCCO)c2ncccc21. The van der Waals surface area contributed by atoms with Crippen molar-refractivity contribution >= 4 is 29.0 Å². The van der Waals surface area contributed by atoms with E-state index in [4.69, 9.17) is 33.0 Å². The lowest BCUT2D eigenvalue weighted by molar-refractivity contribution is -0.133. The Morgan fingerprint density at radius 1 is 1.37 bits per heavy atom. The van der Waals surface area contributed by atoms with Crippen molar-refractivity contribution in [1.29, 1.82) is 0 Å². The number of hydrogen-bond acceptors (Lipinski definition) is 4. The van der Waals surface area contributed by atoms with E-state index in [1.54, 1.807) is 36.5 Å². The number of aliphatic hydroxyl groups excluding tert-OH is 1. The predicted molar refractivity (Wildman–Crippen MR) is 102 cm³/mol. The Kier molecular flexibility index (Phi) is 6.48. The molecule has 2 aromatic rings. The summed E-state index contributed by atoms with van der Waals surface area (Å²) in [7, 11) is 0. The Hall–Kier alpha value is -1.53.